The highest BCUT2D eigenvalue weighted by molar-refractivity contribution is 5.79. The van der Waals surface area contributed by atoms with Crippen LogP contribution in [0.5, 0.6) is 11.5 Å². The average Bonchev–Trinajstić information content (AvgIpc) is 3.38. The van der Waals surface area contributed by atoms with Crippen LogP contribution in [0.4, 0.5) is 0 Å². The lowest BCUT2D eigenvalue weighted by atomic mass is 9.51. The highest BCUT2D eigenvalue weighted by atomic mass is 16.5. The van der Waals surface area contributed by atoms with E-state index in [0.29, 0.717) is 30.4 Å². The van der Waals surface area contributed by atoms with Crippen molar-refractivity contribution in [2.45, 2.75) is 99.3 Å². The van der Waals surface area contributed by atoms with E-state index in [1.165, 1.54) is 0 Å². The highest BCUT2D eigenvalue weighted by Gasteiger charge is 2.83. The molecule has 0 radical (unpaired) electrons. The summed E-state index contributed by atoms with van der Waals surface area (Å²) in [6.07, 6.45) is 3.44. The molecule has 5 heteroatoms. The molecule has 1 spiro atoms. The number of fused-ring (bicyclic) bond motifs is 1. The van der Waals surface area contributed by atoms with Crippen LogP contribution >= 0.6 is 0 Å². The van der Waals surface area contributed by atoms with Crippen molar-refractivity contribution in [3.05, 3.63) is 57.6 Å². The molecule has 1 amide bonds. The van der Waals surface area contributed by atoms with Crippen molar-refractivity contribution < 1.29 is 19.7 Å². The molecule has 6 rings (SSSR count). The lowest BCUT2D eigenvalue weighted by Crippen LogP contribution is -2.55. The number of benzene rings is 2. The number of ether oxygens (including phenoxy) is 1. The van der Waals surface area contributed by atoms with Crippen LogP contribution in [0.15, 0.2) is 24.3 Å². The molecule has 5 nitrogen and oxygen atoms in total. The number of carbonyl (C=O) groups is 1. The van der Waals surface area contributed by atoms with E-state index in [2.05, 4.69) is 56.9 Å². The summed E-state index contributed by atoms with van der Waals surface area (Å²) in [5.74, 6) is 1.69. The van der Waals surface area contributed by atoms with Crippen LogP contribution in [0.2, 0.25) is 0 Å². The molecule has 2 aliphatic carbocycles. The normalized spacial score (nSPS) is 34.1. The Balaban J connectivity index is 1.65. The van der Waals surface area contributed by atoms with Crippen LogP contribution in [-0.2, 0) is 9.53 Å². The van der Waals surface area contributed by atoms with Crippen LogP contribution in [0.25, 0.3) is 0 Å². The number of nitrogens with zero attached hydrogens (tertiary/aromatic N) is 1. The van der Waals surface area contributed by atoms with Gasteiger partial charge >= 0.3 is 0 Å². The molecule has 6 atom stereocenters. The second-order valence-corrected chi connectivity index (χ2v) is 14.3. The molecule has 39 heavy (non-hydrogen) atoms. The molecule has 4 aliphatic rings. The van der Waals surface area contributed by atoms with Gasteiger partial charge in [0.15, 0.2) is 0 Å². The van der Waals surface area contributed by atoms with E-state index in [4.69, 9.17) is 4.74 Å². The maximum atomic E-state index is 14.4. The van der Waals surface area contributed by atoms with E-state index in [9.17, 15) is 15.0 Å². The van der Waals surface area contributed by atoms with Gasteiger partial charge in [-0.15, -0.1) is 0 Å². The first-order chi connectivity index (χ1) is 18.3. The van der Waals surface area contributed by atoms with Crippen molar-refractivity contribution in [1.29, 1.82) is 0 Å². The van der Waals surface area contributed by atoms with Crippen molar-refractivity contribution in [3.63, 3.8) is 0 Å². The Kier molecular flexibility index (Phi) is 5.81. The van der Waals surface area contributed by atoms with E-state index < -0.39 is 0 Å². The van der Waals surface area contributed by atoms with Crippen molar-refractivity contribution in [2.75, 3.05) is 6.61 Å². The molecule has 2 heterocycles. The van der Waals surface area contributed by atoms with E-state index in [-0.39, 0.29) is 46.3 Å². The molecule has 2 aromatic carbocycles. The van der Waals surface area contributed by atoms with Crippen molar-refractivity contribution >= 4 is 5.91 Å². The Morgan fingerprint density at radius 2 is 1.49 bits per heavy atom. The van der Waals surface area contributed by atoms with Gasteiger partial charge in [0.1, 0.15) is 11.5 Å². The molecule has 0 aromatic heterocycles. The Bertz CT molecular complexity index is 1310. The Hall–Kier alpha value is -2.53. The molecular weight excluding hydrogens is 486 g/mol. The van der Waals surface area contributed by atoms with Crippen molar-refractivity contribution in [2.24, 2.45) is 28.1 Å². The third-order valence-electron chi connectivity index (χ3n) is 11.3. The Labute approximate surface area is 233 Å². The highest BCUT2D eigenvalue weighted by Crippen LogP contribution is 2.85. The van der Waals surface area contributed by atoms with Gasteiger partial charge in [0.05, 0.1) is 12.1 Å². The maximum Gasteiger partial charge on any atom is 0.223 e. The molecule has 210 valence electrons. The minimum Gasteiger partial charge on any atom is -0.507 e. The average molecular weight is 532 g/mol. The van der Waals surface area contributed by atoms with E-state index in [1.807, 2.05) is 27.7 Å². The van der Waals surface area contributed by atoms with Gasteiger partial charge in [-0.25, -0.2) is 0 Å². The fourth-order valence-electron chi connectivity index (χ4n) is 9.92. The van der Waals surface area contributed by atoms with Gasteiger partial charge in [-0.05, 0) is 110 Å². The number of phenolic OH excluding ortho intramolecular Hbond substituents is 2. The molecular formula is C34H45NO4. The summed E-state index contributed by atoms with van der Waals surface area (Å²) >= 11 is 0. The summed E-state index contributed by atoms with van der Waals surface area (Å²) in [6.45, 7) is 17.6. The molecule has 2 saturated heterocycles. The second kappa shape index (κ2) is 8.49. The second-order valence-electron chi connectivity index (χ2n) is 14.3. The number of carbonyl (C=O) groups excluding carboxylic acids is 1. The van der Waals surface area contributed by atoms with Gasteiger partial charge in [0.25, 0.3) is 0 Å². The fourth-order valence-corrected chi connectivity index (χ4v) is 9.92. The SMILES string of the molecule is Cc1cc([C@@H]2N(C(=O)CC(C)C)[C@@H]3C(C)(C)[C@H]4C[C@@]35CCO[C@@H](c3cc(C)c(O)c(C)c3)[C@@]25C4)cc(C)c1O. The minimum atomic E-state index is -0.283. The third-order valence-corrected chi connectivity index (χ3v) is 11.3. The molecule has 0 unspecified atom stereocenters. The zero-order chi connectivity index (χ0) is 28.2. The molecule has 2 saturated carbocycles. The van der Waals surface area contributed by atoms with Gasteiger partial charge in [-0.3, -0.25) is 4.79 Å². The van der Waals surface area contributed by atoms with Gasteiger partial charge in [0, 0.05) is 29.9 Å². The topological polar surface area (TPSA) is 70.0 Å². The molecule has 2 aliphatic heterocycles. The number of aromatic hydroxyl groups is 2. The van der Waals surface area contributed by atoms with Crippen LogP contribution in [0, 0.1) is 55.8 Å². The number of amides is 1. The van der Waals surface area contributed by atoms with Crippen molar-refractivity contribution in [1.82, 2.24) is 4.90 Å². The number of likely N-dealkylation sites (tertiary alicyclic amines) is 1. The van der Waals surface area contributed by atoms with Crippen LogP contribution in [0.1, 0.15) is 98.9 Å². The quantitative estimate of drug-likeness (QED) is 0.437. The minimum absolute atomic E-state index is 0.00851. The predicted octanol–water partition coefficient (Wildman–Crippen LogP) is 7.21. The fraction of sp³-hybridized carbons (Fsp3) is 0.618. The van der Waals surface area contributed by atoms with Gasteiger partial charge in [-0.1, -0.05) is 39.8 Å². The zero-order valence-corrected chi connectivity index (χ0v) is 24.9. The Morgan fingerprint density at radius 1 is 0.949 bits per heavy atom. The van der Waals surface area contributed by atoms with Crippen LogP contribution in [0.3, 0.4) is 0 Å². The first-order valence-corrected chi connectivity index (χ1v) is 14.8. The molecule has 2 aromatic rings. The molecule has 4 fully saturated rings. The molecule has 2 bridgehead atoms. The number of rotatable bonds is 4. The zero-order valence-electron chi connectivity index (χ0n) is 24.9. The summed E-state index contributed by atoms with van der Waals surface area (Å²) in [5.41, 5.74) is 5.35. The van der Waals surface area contributed by atoms with E-state index >= 15 is 0 Å². The van der Waals surface area contributed by atoms with Gasteiger partial charge < -0.3 is 19.8 Å². The van der Waals surface area contributed by atoms with Gasteiger partial charge in [0.2, 0.25) is 5.91 Å². The monoisotopic (exact) mass is 531 g/mol. The summed E-state index contributed by atoms with van der Waals surface area (Å²) in [4.78, 5) is 16.7. The lowest BCUT2D eigenvalue weighted by molar-refractivity contribution is -0.164. The maximum absolute atomic E-state index is 14.4. The summed E-state index contributed by atoms with van der Waals surface area (Å²) in [6, 6.07) is 8.45. The first-order valence-electron chi connectivity index (χ1n) is 14.8. The Morgan fingerprint density at radius 3 is 2.03 bits per heavy atom. The van der Waals surface area contributed by atoms with Crippen molar-refractivity contribution in [3.8, 4) is 11.5 Å². The third kappa shape index (κ3) is 3.32. The number of aryl methyl sites for hydroxylation is 4. The predicted molar refractivity (Wildman–Crippen MR) is 153 cm³/mol. The summed E-state index contributed by atoms with van der Waals surface area (Å²) in [5, 5.41) is 21.3. The van der Waals surface area contributed by atoms with Crippen LogP contribution in [-0.4, -0.2) is 33.7 Å². The lowest BCUT2D eigenvalue weighted by Gasteiger charge is -2.55. The largest absolute Gasteiger partial charge is 0.507 e. The first kappa shape index (κ1) is 26.7. The standard InChI is InChI=1S/C34H45NO4/c1-18(2)11-26(36)35-29(23-12-19(3)27(37)20(4)13-23)34-17-25-16-33(34,31(35)32(25,7)8)9-10-39-30(34)24-14-21(5)28(38)22(6)15-24/h12-15,18,25,29-31,37-38H,9-11,16-17H2,1-8H3/t25-,29-,30-,31+,33-,34+/m0/s1. The van der Waals surface area contributed by atoms with E-state index in [0.717, 1.165) is 52.6 Å². The van der Waals surface area contributed by atoms with Gasteiger partial charge in [-0.2, -0.15) is 0 Å². The number of hydrogen-bond acceptors (Lipinski definition) is 4. The summed E-state index contributed by atoms with van der Waals surface area (Å²) in [7, 11) is 0. The summed E-state index contributed by atoms with van der Waals surface area (Å²) < 4.78 is 6.84. The number of hydrogen-bond donors (Lipinski definition) is 2. The van der Waals surface area contributed by atoms with Crippen LogP contribution < -0.4 is 0 Å². The molecule has 2 N–H and O–H groups in total. The smallest absolute Gasteiger partial charge is 0.223 e. The number of phenols is 2. The van der Waals surface area contributed by atoms with E-state index in [1.54, 1.807) is 0 Å².